The number of methoxy groups -OCH3 is 2. The molecule has 0 aliphatic rings. The monoisotopic (exact) mass is 331 g/mol. The highest BCUT2D eigenvalue weighted by Crippen LogP contribution is 2.25. The molecular formula is C17H17NO6. The molecule has 0 atom stereocenters. The summed E-state index contributed by atoms with van der Waals surface area (Å²) in [7, 11) is 3.01. The Morgan fingerprint density at radius 1 is 1.17 bits per heavy atom. The maximum Gasteiger partial charge on any atom is 0.331 e. The molecule has 1 heterocycles. The molecule has 1 amide bonds. The first-order valence-corrected chi connectivity index (χ1v) is 7.02. The number of furan rings is 1. The summed E-state index contributed by atoms with van der Waals surface area (Å²) in [5.41, 5.74) is 0.471. The zero-order valence-electron chi connectivity index (χ0n) is 13.3. The van der Waals surface area contributed by atoms with Gasteiger partial charge in [-0.2, -0.15) is 0 Å². The van der Waals surface area contributed by atoms with Gasteiger partial charge in [-0.25, -0.2) is 4.79 Å². The summed E-state index contributed by atoms with van der Waals surface area (Å²) in [6.07, 6.45) is 4.12. The van der Waals surface area contributed by atoms with Crippen LogP contribution in [0.5, 0.6) is 11.5 Å². The Labute approximate surface area is 138 Å². The predicted octanol–water partition coefficient (Wildman–Crippen LogP) is 2.49. The number of nitrogens with one attached hydrogen (secondary N) is 1. The number of carbonyl (C=O) groups excluding carboxylic acids is 2. The van der Waals surface area contributed by atoms with E-state index in [-0.39, 0.29) is 0 Å². The molecule has 7 nitrogen and oxygen atoms in total. The van der Waals surface area contributed by atoms with Gasteiger partial charge >= 0.3 is 5.97 Å². The Balaban J connectivity index is 1.86. The number of amides is 1. The van der Waals surface area contributed by atoms with Crippen LogP contribution in [0.15, 0.2) is 47.1 Å². The maximum atomic E-state index is 11.8. The van der Waals surface area contributed by atoms with Gasteiger partial charge in [0.2, 0.25) is 0 Å². The number of benzene rings is 1. The molecule has 0 saturated heterocycles. The standard InChI is InChI=1S/C17H17NO6/c1-21-14-8-12(9-15(10-14)22-2)18-16(19)11-24-17(20)6-5-13-4-3-7-23-13/h3-10H,11H2,1-2H3,(H,18,19)/b6-5+. The van der Waals surface area contributed by atoms with Crippen LogP contribution < -0.4 is 14.8 Å². The van der Waals surface area contributed by atoms with Gasteiger partial charge in [-0.3, -0.25) is 4.79 Å². The normalized spacial score (nSPS) is 10.4. The molecule has 0 spiro atoms. The second-order valence-electron chi connectivity index (χ2n) is 4.61. The lowest BCUT2D eigenvalue weighted by Crippen LogP contribution is -2.20. The molecule has 0 bridgehead atoms. The molecule has 2 aromatic rings. The predicted molar refractivity (Wildman–Crippen MR) is 86.9 cm³/mol. The summed E-state index contributed by atoms with van der Waals surface area (Å²) in [6, 6.07) is 8.31. The zero-order chi connectivity index (χ0) is 17.4. The van der Waals surface area contributed by atoms with Crippen molar-refractivity contribution < 1.29 is 28.2 Å². The minimum Gasteiger partial charge on any atom is -0.497 e. The molecule has 24 heavy (non-hydrogen) atoms. The topological polar surface area (TPSA) is 87.0 Å². The highest BCUT2D eigenvalue weighted by atomic mass is 16.5. The van der Waals surface area contributed by atoms with E-state index in [2.05, 4.69) is 5.32 Å². The van der Waals surface area contributed by atoms with E-state index in [1.165, 1.54) is 32.6 Å². The lowest BCUT2D eigenvalue weighted by molar-refractivity contribution is -0.142. The van der Waals surface area contributed by atoms with Gasteiger partial charge in [0.15, 0.2) is 6.61 Å². The van der Waals surface area contributed by atoms with E-state index >= 15 is 0 Å². The first-order valence-electron chi connectivity index (χ1n) is 7.02. The second kappa shape index (κ2) is 8.42. The summed E-state index contributed by atoms with van der Waals surface area (Å²) in [6.45, 7) is -0.416. The van der Waals surface area contributed by atoms with E-state index in [0.717, 1.165) is 0 Å². The number of hydrogen-bond donors (Lipinski definition) is 1. The number of anilines is 1. The van der Waals surface area contributed by atoms with Gasteiger partial charge in [0.05, 0.1) is 20.5 Å². The fraction of sp³-hybridized carbons (Fsp3) is 0.176. The molecule has 7 heteroatoms. The highest BCUT2D eigenvalue weighted by molar-refractivity contribution is 5.94. The average molecular weight is 331 g/mol. The van der Waals surface area contributed by atoms with E-state index in [0.29, 0.717) is 22.9 Å². The van der Waals surface area contributed by atoms with Crippen LogP contribution in [0.4, 0.5) is 5.69 Å². The third-order valence-corrected chi connectivity index (χ3v) is 2.91. The van der Waals surface area contributed by atoms with Crippen molar-refractivity contribution in [1.82, 2.24) is 0 Å². The Morgan fingerprint density at radius 2 is 1.88 bits per heavy atom. The van der Waals surface area contributed by atoms with E-state index in [4.69, 9.17) is 18.6 Å². The number of hydrogen-bond acceptors (Lipinski definition) is 6. The number of rotatable bonds is 7. The molecule has 0 saturated carbocycles. The number of esters is 1. The van der Waals surface area contributed by atoms with Crippen molar-refractivity contribution in [2.75, 3.05) is 26.1 Å². The first-order chi connectivity index (χ1) is 11.6. The van der Waals surface area contributed by atoms with E-state index in [9.17, 15) is 9.59 Å². The molecular weight excluding hydrogens is 314 g/mol. The molecule has 0 aliphatic heterocycles. The summed E-state index contributed by atoms with van der Waals surface area (Å²) >= 11 is 0. The minimum absolute atomic E-state index is 0.416. The zero-order valence-corrected chi connectivity index (χ0v) is 13.3. The lowest BCUT2D eigenvalue weighted by atomic mass is 10.2. The van der Waals surface area contributed by atoms with Gasteiger partial charge < -0.3 is 23.9 Å². The summed E-state index contributed by atoms with van der Waals surface area (Å²) in [5, 5.41) is 2.60. The molecule has 1 N–H and O–H groups in total. The van der Waals surface area contributed by atoms with Gasteiger partial charge in [0.25, 0.3) is 5.91 Å². The van der Waals surface area contributed by atoms with Crippen LogP contribution in [-0.2, 0) is 14.3 Å². The Bertz CT molecular complexity index is 698. The van der Waals surface area contributed by atoms with Crippen molar-refractivity contribution in [1.29, 1.82) is 0 Å². The van der Waals surface area contributed by atoms with Crippen LogP contribution in [0.25, 0.3) is 6.08 Å². The van der Waals surface area contributed by atoms with E-state index in [1.807, 2.05) is 0 Å². The van der Waals surface area contributed by atoms with Gasteiger partial charge in [-0.1, -0.05) is 0 Å². The van der Waals surface area contributed by atoms with Crippen molar-refractivity contribution in [3.63, 3.8) is 0 Å². The van der Waals surface area contributed by atoms with Gasteiger partial charge in [0.1, 0.15) is 17.3 Å². The molecule has 126 valence electrons. The van der Waals surface area contributed by atoms with Gasteiger partial charge in [-0.05, 0) is 18.2 Å². The molecule has 0 radical (unpaired) electrons. The fourth-order valence-electron chi connectivity index (χ4n) is 1.80. The van der Waals surface area contributed by atoms with Crippen molar-refractivity contribution in [2.24, 2.45) is 0 Å². The Kier molecular flexibility index (Phi) is 6.01. The van der Waals surface area contributed by atoms with Crippen LogP contribution in [0.1, 0.15) is 5.76 Å². The third-order valence-electron chi connectivity index (χ3n) is 2.91. The van der Waals surface area contributed by atoms with Gasteiger partial charge in [-0.15, -0.1) is 0 Å². The lowest BCUT2D eigenvalue weighted by Gasteiger charge is -2.09. The third kappa shape index (κ3) is 5.20. The highest BCUT2D eigenvalue weighted by Gasteiger charge is 2.08. The molecule has 0 unspecified atom stereocenters. The molecule has 1 aromatic carbocycles. The second-order valence-corrected chi connectivity index (χ2v) is 4.61. The Hall–Kier alpha value is -3.22. The van der Waals surface area contributed by atoms with Crippen molar-refractivity contribution >= 4 is 23.6 Å². The summed E-state index contributed by atoms with van der Waals surface area (Å²) in [4.78, 5) is 23.4. The largest absolute Gasteiger partial charge is 0.497 e. The number of carbonyl (C=O) groups is 2. The molecule has 0 fully saturated rings. The molecule has 2 rings (SSSR count). The quantitative estimate of drug-likeness (QED) is 0.619. The van der Waals surface area contributed by atoms with Crippen LogP contribution in [0.3, 0.4) is 0 Å². The van der Waals surface area contributed by atoms with Crippen molar-refractivity contribution in [3.8, 4) is 11.5 Å². The van der Waals surface area contributed by atoms with Crippen molar-refractivity contribution in [3.05, 3.63) is 48.4 Å². The molecule has 1 aromatic heterocycles. The van der Waals surface area contributed by atoms with Crippen LogP contribution in [0, 0.1) is 0 Å². The maximum absolute atomic E-state index is 11.8. The SMILES string of the molecule is COc1cc(NC(=O)COC(=O)/C=C/c2ccco2)cc(OC)c1. The summed E-state index contributed by atoms with van der Waals surface area (Å²) < 4.78 is 20.1. The fourth-order valence-corrected chi connectivity index (χ4v) is 1.80. The average Bonchev–Trinajstić information content (AvgIpc) is 3.11. The molecule has 0 aliphatic carbocycles. The van der Waals surface area contributed by atoms with Crippen molar-refractivity contribution in [2.45, 2.75) is 0 Å². The first kappa shape index (κ1) is 17.1. The smallest absolute Gasteiger partial charge is 0.331 e. The Morgan fingerprint density at radius 3 is 2.46 bits per heavy atom. The van der Waals surface area contributed by atoms with Gasteiger partial charge in [0, 0.05) is 30.0 Å². The minimum atomic E-state index is -0.648. The van der Waals surface area contributed by atoms with E-state index in [1.54, 1.807) is 30.3 Å². The number of ether oxygens (including phenoxy) is 3. The van der Waals surface area contributed by atoms with Crippen LogP contribution >= 0.6 is 0 Å². The summed E-state index contributed by atoms with van der Waals surface area (Å²) in [5.74, 6) is 0.445. The van der Waals surface area contributed by atoms with Crippen LogP contribution in [0.2, 0.25) is 0 Å². The van der Waals surface area contributed by atoms with E-state index < -0.39 is 18.5 Å². The van der Waals surface area contributed by atoms with Crippen LogP contribution in [-0.4, -0.2) is 32.7 Å².